The van der Waals surface area contributed by atoms with E-state index in [0.29, 0.717) is 17.5 Å². The van der Waals surface area contributed by atoms with E-state index in [1.54, 1.807) is 33.3 Å². The molecule has 1 saturated heterocycles. The van der Waals surface area contributed by atoms with Gasteiger partial charge in [-0.2, -0.15) is 0 Å². The number of imidazole rings is 1. The van der Waals surface area contributed by atoms with Gasteiger partial charge < -0.3 is 14.4 Å². The van der Waals surface area contributed by atoms with E-state index >= 15 is 0 Å². The van der Waals surface area contributed by atoms with Crippen molar-refractivity contribution in [2.45, 2.75) is 32.6 Å². The van der Waals surface area contributed by atoms with Crippen molar-refractivity contribution in [3.8, 4) is 0 Å². The van der Waals surface area contributed by atoms with Crippen LogP contribution in [0.4, 0.5) is 5.13 Å². The molecular weight excluding hydrogens is 336 g/mol. The van der Waals surface area contributed by atoms with Gasteiger partial charge in [-0.3, -0.25) is 4.79 Å². The number of rotatable bonds is 5. The summed E-state index contributed by atoms with van der Waals surface area (Å²) < 4.78 is 1.80. The molecule has 1 aliphatic heterocycles. The molecule has 2 aromatic heterocycles. The summed E-state index contributed by atoms with van der Waals surface area (Å²) in [5.41, 5.74) is 0.512. The van der Waals surface area contributed by atoms with Gasteiger partial charge in [-0.15, -0.1) is 10.2 Å². The smallest absolute Gasteiger partial charge is 0.273 e. The predicted octanol–water partition coefficient (Wildman–Crippen LogP) is 2.38. The number of piperidine rings is 1. The lowest BCUT2D eigenvalue weighted by Gasteiger charge is -2.33. The first-order chi connectivity index (χ1) is 11.9. The Morgan fingerprint density at radius 3 is 2.64 bits per heavy atom. The molecule has 25 heavy (non-hydrogen) atoms. The molecule has 3 heterocycles. The molecule has 0 radical (unpaired) electrons. The fourth-order valence-corrected chi connectivity index (χ4v) is 3.98. The third-order valence-corrected chi connectivity index (χ3v) is 5.90. The summed E-state index contributed by atoms with van der Waals surface area (Å²) in [5.74, 6) is 0.940. The number of carbonyl (C=O) groups is 1. The Morgan fingerprint density at radius 1 is 1.36 bits per heavy atom. The minimum absolute atomic E-state index is 0.00581. The van der Waals surface area contributed by atoms with Crippen LogP contribution in [0.3, 0.4) is 0 Å². The van der Waals surface area contributed by atoms with Gasteiger partial charge in [0.2, 0.25) is 5.13 Å². The third kappa shape index (κ3) is 4.18. The molecule has 0 atom stereocenters. The molecule has 0 aliphatic carbocycles. The van der Waals surface area contributed by atoms with Gasteiger partial charge in [0.1, 0.15) is 10.7 Å². The van der Waals surface area contributed by atoms with Crippen molar-refractivity contribution < 1.29 is 4.79 Å². The third-order valence-electron chi connectivity index (χ3n) is 4.61. The van der Waals surface area contributed by atoms with Crippen LogP contribution in [-0.4, -0.2) is 57.2 Å². The molecule has 136 valence electrons. The van der Waals surface area contributed by atoms with E-state index in [4.69, 9.17) is 0 Å². The molecule has 0 aromatic carbocycles. The Morgan fingerprint density at radius 2 is 2.08 bits per heavy atom. The summed E-state index contributed by atoms with van der Waals surface area (Å²) in [6.07, 6.45) is 5.56. The maximum Gasteiger partial charge on any atom is 0.273 e. The normalized spacial score (nSPS) is 15.8. The van der Waals surface area contributed by atoms with Crippen molar-refractivity contribution in [2.24, 2.45) is 13.0 Å². The first kappa shape index (κ1) is 17.8. The maximum absolute atomic E-state index is 12.4. The van der Waals surface area contributed by atoms with Gasteiger partial charge in [0.05, 0.1) is 6.33 Å². The van der Waals surface area contributed by atoms with Gasteiger partial charge in [0.15, 0.2) is 0 Å². The number of nitrogens with zero attached hydrogens (tertiary/aromatic N) is 6. The van der Waals surface area contributed by atoms with Crippen LogP contribution < -0.4 is 4.90 Å². The number of carbonyl (C=O) groups excluding carboxylic acids is 1. The lowest BCUT2D eigenvalue weighted by Crippen LogP contribution is -2.39. The van der Waals surface area contributed by atoms with Gasteiger partial charge in [-0.05, 0) is 18.8 Å². The average Bonchev–Trinajstić information content (AvgIpc) is 3.24. The van der Waals surface area contributed by atoms with Crippen LogP contribution in [0.25, 0.3) is 0 Å². The van der Waals surface area contributed by atoms with Crippen molar-refractivity contribution in [3.63, 3.8) is 0 Å². The van der Waals surface area contributed by atoms with Gasteiger partial charge in [-0.25, -0.2) is 4.98 Å². The van der Waals surface area contributed by atoms with E-state index in [9.17, 15) is 4.79 Å². The molecule has 1 fully saturated rings. The summed E-state index contributed by atoms with van der Waals surface area (Å²) in [7, 11) is 3.74. The zero-order valence-electron chi connectivity index (χ0n) is 15.3. The van der Waals surface area contributed by atoms with E-state index in [-0.39, 0.29) is 5.91 Å². The van der Waals surface area contributed by atoms with E-state index in [0.717, 1.165) is 42.6 Å². The topological polar surface area (TPSA) is 67.2 Å². The summed E-state index contributed by atoms with van der Waals surface area (Å²) in [4.78, 5) is 20.7. The monoisotopic (exact) mass is 362 g/mol. The molecule has 0 N–H and O–H groups in total. The van der Waals surface area contributed by atoms with Gasteiger partial charge in [0.25, 0.3) is 5.91 Å². The van der Waals surface area contributed by atoms with Crippen LogP contribution >= 0.6 is 11.3 Å². The molecule has 7 nitrogen and oxygen atoms in total. The predicted molar refractivity (Wildman–Crippen MR) is 99.1 cm³/mol. The van der Waals surface area contributed by atoms with Crippen LogP contribution in [0.2, 0.25) is 0 Å². The van der Waals surface area contributed by atoms with E-state index in [2.05, 4.69) is 33.9 Å². The second-order valence-electron chi connectivity index (χ2n) is 7.12. The SMILES string of the molecule is CC(C)c1nnc(N2CCC(CN(C)C(=O)c3cn(C)cn3)CC2)s1. The first-order valence-electron chi connectivity index (χ1n) is 8.75. The summed E-state index contributed by atoms with van der Waals surface area (Å²) in [5, 5.41) is 10.7. The van der Waals surface area contributed by atoms with E-state index in [1.807, 2.05) is 14.1 Å². The number of hydrogen-bond donors (Lipinski definition) is 0. The number of amides is 1. The van der Waals surface area contributed by atoms with Crippen molar-refractivity contribution in [1.82, 2.24) is 24.6 Å². The molecule has 0 unspecified atom stereocenters. The molecule has 0 spiro atoms. The van der Waals surface area contributed by atoms with Crippen LogP contribution in [0.5, 0.6) is 0 Å². The van der Waals surface area contributed by atoms with Gasteiger partial charge in [0, 0.05) is 45.8 Å². The molecule has 0 bridgehead atoms. The van der Waals surface area contributed by atoms with Crippen molar-refractivity contribution >= 4 is 22.4 Å². The Kier molecular flexibility index (Phi) is 5.36. The van der Waals surface area contributed by atoms with Gasteiger partial charge >= 0.3 is 0 Å². The van der Waals surface area contributed by atoms with Crippen molar-refractivity contribution in [1.29, 1.82) is 0 Å². The number of aromatic nitrogens is 4. The Bertz CT molecular complexity index is 716. The number of anilines is 1. The lowest BCUT2D eigenvalue weighted by molar-refractivity contribution is 0.0759. The Labute approximate surface area is 152 Å². The molecule has 1 amide bonds. The number of hydrogen-bond acceptors (Lipinski definition) is 6. The molecule has 3 rings (SSSR count). The Balaban J connectivity index is 1.51. The molecule has 8 heteroatoms. The Hall–Kier alpha value is -1.96. The van der Waals surface area contributed by atoms with Crippen LogP contribution in [0, 0.1) is 5.92 Å². The summed E-state index contributed by atoms with van der Waals surface area (Å²) in [6.45, 7) is 7.01. The maximum atomic E-state index is 12.4. The van der Waals surface area contributed by atoms with Crippen LogP contribution in [0.15, 0.2) is 12.5 Å². The second kappa shape index (κ2) is 7.51. The molecular formula is C17H26N6OS. The van der Waals surface area contributed by atoms with Crippen molar-refractivity contribution in [3.05, 3.63) is 23.2 Å². The molecule has 2 aromatic rings. The lowest BCUT2D eigenvalue weighted by atomic mass is 9.96. The zero-order chi connectivity index (χ0) is 18.0. The van der Waals surface area contributed by atoms with Crippen LogP contribution in [0.1, 0.15) is 48.1 Å². The van der Waals surface area contributed by atoms with E-state index < -0.39 is 0 Å². The highest BCUT2D eigenvalue weighted by Crippen LogP contribution is 2.29. The fraction of sp³-hybridized carbons (Fsp3) is 0.647. The van der Waals surface area contributed by atoms with Gasteiger partial charge in [-0.1, -0.05) is 25.2 Å². The fourth-order valence-electron chi connectivity index (χ4n) is 3.08. The van der Waals surface area contributed by atoms with Crippen molar-refractivity contribution in [2.75, 3.05) is 31.6 Å². The summed E-state index contributed by atoms with van der Waals surface area (Å²) >= 11 is 1.70. The second-order valence-corrected chi connectivity index (χ2v) is 8.11. The average molecular weight is 363 g/mol. The minimum atomic E-state index is -0.00581. The molecule has 1 aliphatic rings. The van der Waals surface area contributed by atoms with E-state index in [1.165, 1.54) is 0 Å². The van der Waals surface area contributed by atoms with Crippen LogP contribution in [-0.2, 0) is 7.05 Å². The standard InChI is InChI=1S/C17H26N6OS/c1-12(2)15-19-20-17(25-15)23-7-5-13(6-8-23)9-22(4)16(24)14-10-21(3)11-18-14/h10-13H,5-9H2,1-4H3. The largest absolute Gasteiger partial charge is 0.347 e. The first-order valence-corrected chi connectivity index (χ1v) is 9.57. The highest BCUT2D eigenvalue weighted by molar-refractivity contribution is 7.15. The number of aryl methyl sites for hydroxylation is 1. The minimum Gasteiger partial charge on any atom is -0.347 e. The zero-order valence-corrected chi connectivity index (χ0v) is 16.2. The summed E-state index contributed by atoms with van der Waals surface area (Å²) in [6, 6.07) is 0. The molecule has 0 saturated carbocycles. The quantitative estimate of drug-likeness (QED) is 0.817. The highest BCUT2D eigenvalue weighted by Gasteiger charge is 2.25. The highest BCUT2D eigenvalue weighted by atomic mass is 32.1.